The molecule has 0 amide bonds. The summed E-state index contributed by atoms with van der Waals surface area (Å²) >= 11 is 3.18. The van der Waals surface area contributed by atoms with Crippen LogP contribution in [0.3, 0.4) is 0 Å². The Labute approximate surface area is 90.4 Å². The van der Waals surface area contributed by atoms with E-state index in [1.807, 2.05) is 11.9 Å². The molecule has 1 aromatic rings. The fourth-order valence-electron chi connectivity index (χ4n) is 1.39. The fraction of sp³-hybridized carbons (Fsp3) is 0.444. The Balaban J connectivity index is 2.22. The number of halogens is 2. The minimum atomic E-state index is -0.284. The van der Waals surface area contributed by atoms with Gasteiger partial charge in [-0.1, -0.05) is 0 Å². The first-order valence-corrected chi connectivity index (χ1v) is 5.22. The van der Waals surface area contributed by atoms with Gasteiger partial charge in [0.2, 0.25) is 0 Å². The van der Waals surface area contributed by atoms with E-state index in [0.717, 1.165) is 13.1 Å². The van der Waals surface area contributed by atoms with E-state index in [1.54, 1.807) is 6.20 Å². The first-order valence-electron chi connectivity index (χ1n) is 4.43. The van der Waals surface area contributed by atoms with Gasteiger partial charge in [0.1, 0.15) is 0 Å². The van der Waals surface area contributed by atoms with E-state index in [1.165, 1.54) is 6.07 Å². The fourth-order valence-corrected chi connectivity index (χ4v) is 1.69. The predicted molar refractivity (Wildman–Crippen MR) is 57.0 cm³/mol. The molecule has 0 spiro atoms. The number of anilines is 1. The van der Waals surface area contributed by atoms with Crippen LogP contribution in [0.4, 0.5) is 10.2 Å². The number of pyridine rings is 1. The van der Waals surface area contributed by atoms with Crippen LogP contribution in [0.2, 0.25) is 0 Å². The Bertz CT molecular complexity index is 341. The van der Waals surface area contributed by atoms with E-state index in [-0.39, 0.29) is 5.82 Å². The lowest BCUT2D eigenvalue weighted by atomic mass is 10.1. The van der Waals surface area contributed by atoms with Gasteiger partial charge >= 0.3 is 0 Å². The SMILES string of the molecule is CN(c1ncc(Br)cc1F)C1CNC1. The van der Waals surface area contributed by atoms with Gasteiger partial charge in [-0.2, -0.15) is 0 Å². The molecule has 1 aliphatic rings. The lowest BCUT2D eigenvalue weighted by Crippen LogP contribution is -2.56. The molecule has 1 saturated heterocycles. The standard InChI is InChI=1S/C9H11BrFN3/c1-14(7-4-12-5-7)9-8(11)2-6(10)3-13-9/h2-3,7,12H,4-5H2,1H3. The van der Waals surface area contributed by atoms with Gasteiger partial charge in [-0.25, -0.2) is 9.37 Å². The Morgan fingerprint density at radius 3 is 2.86 bits per heavy atom. The first kappa shape index (κ1) is 9.86. The largest absolute Gasteiger partial charge is 0.352 e. The molecule has 0 aliphatic carbocycles. The van der Waals surface area contributed by atoms with Crippen molar-refractivity contribution in [3.63, 3.8) is 0 Å². The molecule has 0 aromatic carbocycles. The van der Waals surface area contributed by atoms with Crippen molar-refractivity contribution in [2.75, 3.05) is 25.0 Å². The normalized spacial score (nSPS) is 16.5. The maximum absolute atomic E-state index is 13.5. The third-order valence-corrected chi connectivity index (χ3v) is 2.86. The van der Waals surface area contributed by atoms with Crippen LogP contribution in [0.1, 0.15) is 0 Å². The minimum absolute atomic E-state index is 0.284. The first-order chi connectivity index (χ1) is 6.68. The molecule has 0 saturated carbocycles. The maximum Gasteiger partial charge on any atom is 0.166 e. The van der Waals surface area contributed by atoms with Gasteiger partial charge in [0, 0.05) is 30.8 Å². The summed E-state index contributed by atoms with van der Waals surface area (Å²) in [5.41, 5.74) is 0. The zero-order valence-corrected chi connectivity index (χ0v) is 9.38. The second kappa shape index (κ2) is 3.82. The monoisotopic (exact) mass is 259 g/mol. The summed E-state index contributed by atoms with van der Waals surface area (Å²) in [6, 6.07) is 1.79. The molecule has 14 heavy (non-hydrogen) atoms. The molecule has 1 N–H and O–H groups in total. The van der Waals surface area contributed by atoms with Crippen molar-refractivity contribution in [2.45, 2.75) is 6.04 Å². The molecule has 1 aliphatic heterocycles. The molecule has 0 radical (unpaired) electrons. The second-order valence-electron chi connectivity index (χ2n) is 3.38. The molecule has 0 bridgehead atoms. The van der Waals surface area contributed by atoms with Gasteiger partial charge in [-0.15, -0.1) is 0 Å². The summed E-state index contributed by atoms with van der Waals surface area (Å²) in [6.45, 7) is 1.79. The number of hydrogen-bond donors (Lipinski definition) is 1. The van der Waals surface area contributed by atoms with Gasteiger partial charge < -0.3 is 10.2 Å². The molecular formula is C9H11BrFN3. The quantitative estimate of drug-likeness (QED) is 0.871. The van der Waals surface area contributed by atoms with Crippen LogP contribution in [0.25, 0.3) is 0 Å². The van der Waals surface area contributed by atoms with Crippen molar-refractivity contribution >= 4 is 21.7 Å². The van der Waals surface area contributed by atoms with Gasteiger partial charge in [0.25, 0.3) is 0 Å². The number of nitrogens with one attached hydrogen (secondary N) is 1. The summed E-state index contributed by atoms with van der Waals surface area (Å²) in [4.78, 5) is 5.93. The summed E-state index contributed by atoms with van der Waals surface area (Å²) in [5, 5.41) is 3.14. The van der Waals surface area contributed by atoms with Crippen molar-refractivity contribution in [3.8, 4) is 0 Å². The lowest BCUT2D eigenvalue weighted by molar-refractivity contribution is 0.422. The molecule has 3 nitrogen and oxygen atoms in total. The van der Waals surface area contributed by atoms with E-state index >= 15 is 0 Å². The molecule has 1 fully saturated rings. The number of aromatic nitrogens is 1. The van der Waals surface area contributed by atoms with Crippen molar-refractivity contribution in [1.82, 2.24) is 10.3 Å². The summed E-state index contributed by atoms with van der Waals surface area (Å²) < 4.78 is 14.1. The Hall–Kier alpha value is -0.680. The van der Waals surface area contributed by atoms with Crippen molar-refractivity contribution < 1.29 is 4.39 Å². The third-order valence-electron chi connectivity index (χ3n) is 2.43. The number of rotatable bonds is 2. The van der Waals surface area contributed by atoms with Crippen LogP contribution in [-0.2, 0) is 0 Å². The van der Waals surface area contributed by atoms with E-state index < -0.39 is 0 Å². The third kappa shape index (κ3) is 1.74. The zero-order chi connectivity index (χ0) is 10.1. The van der Waals surface area contributed by atoms with E-state index in [4.69, 9.17) is 0 Å². The highest BCUT2D eigenvalue weighted by Crippen LogP contribution is 2.21. The zero-order valence-electron chi connectivity index (χ0n) is 7.80. The van der Waals surface area contributed by atoms with Crippen LogP contribution in [0.15, 0.2) is 16.7 Å². The van der Waals surface area contributed by atoms with Gasteiger partial charge in [0.05, 0.1) is 6.04 Å². The predicted octanol–water partition coefficient (Wildman–Crippen LogP) is 1.39. The van der Waals surface area contributed by atoms with Gasteiger partial charge in [-0.3, -0.25) is 0 Å². The van der Waals surface area contributed by atoms with Gasteiger partial charge in [0.15, 0.2) is 11.6 Å². The topological polar surface area (TPSA) is 28.2 Å². The summed E-state index contributed by atoms with van der Waals surface area (Å²) in [5.74, 6) is 0.133. The molecule has 0 unspecified atom stereocenters. The molecule has 1 aromatic heterocycles. The average Bonchev–Trinajstić information content (AvgIpc) is 2.00. The van der Waals surface area contributed by atoms with Crippen LogP contribution in [-0.4, -0.2) is 31.2 Å². The molecule has 76 valence electrons. The number of nitrogens with zero attached hydrogens (tertiary/aromatic N) is 2. The smallest absolute Gasteiger partial charge is 0.166 e. The highest BCUT2D eigenvalue weighted by molar-refractivity contribution is 9.10. The van der Waals surface area contributed by atoms with E-state index in [9.17, 15) is 4.39 Å². The molecular weight excluding hydrogens is 249 g/mol. The van der Waals surface area contributed by atoms with Crippen LogP contribution >= 0.6 is 15.9 Å². The molecule has 2 rings (SSSR count). The molecule has 2 heterocycles. The number of likely N-dealkylation sites (N-methyl/N-ethyl adjacent to an activating group) is 1. The Kier molecular flexibility index (Phi) is 2.69. The number of hydrogen-bond acceptors (Lipinski definition) is 3. The maximum atomic E-state index is 13.5. The van der Waals surface area contributed by atoms with Crippen molar-refractivity contribution in [3.05, 3.63) is 22.6 Å². The Morgan fingerprint density at radius 2 is 2.36 bits per heavy atom. The lowest BCUT2D eigenvalue weighted by Gasteiger charge is -2.36. The van der Waals surface area contributed by atoms with Gasteiger partial charge in [-0.05, 0) is 22.0 Å². The highest BCUT2D eigenvalue weighted by atomic mass is 79.9. The second-order valence-corrected chi connectivity index (χ2v) is 4.30. The molecule has 5 heteroatoms. The van der Waals surface area contributed by atoms with Crippen molar-refractivity contribution in [1.29, 1.82) is 0 Å². The summed E-state index contributed by atoms with van der Waals surface area (Å²) in [6.07, 6.45) is 1.61. The van der Waals surface area contributed by atoms with Crippen molar-refractivity contribution in [2.24, 2.45) is 0 Å². The van der Waals surface area contributed by atoms with Crippen LogP contribution in [0, 0.1) is 5.82 Å². The molecule has 0 atom stereocenters. The average molecular weight is 260 g/mol. The van der Waals surface area contributed by atoms with Crippen LogP contribution in [0.5, 0.6) is 0 Å². The van der Waals surface area contributed by atoms with Crippen LogP contribution < -0.4 is 10.2 Å². The van der Waals surface area contributed by atoms with E-state index in [0.29, 0.717) is 16.3 Å². The minimum Gasteiger partial charge on any atom is -0.352 e. The summed E-state index contributed by atoms with van der Waals surface area (Å²) in [7, 11) is 1.87. The van der Waals surface area contributed by atoms with E-state index in [2.05, 4.69) is 26.2 Å². The highest BCUT2D eigenvalue weighted by Gasteiger charge is 2.24. The Morgan fingerprint density at radius 1 is 1.64 bits per heavy atom.